The molecule has 1 fully saturated rings. The minimum atomic E-state index is -0.241. The molecule has 0 saturated carbocycles. The SMILES string of the molecule is CCC(=O)Nc1cc(NC(=O)NC2CCN(c3cnccn3)CC2)ccc1C. The highest BCUT2D eigenvalue weighted by Gasteiger charge is 2.21. The van der Waals surface area contributed by atoms with E-state index in [9.17, 15) is 9.59 Å². The van der Waals surface area contributed by atoms with E-state index in [0.29, 0.717) is 17.8 Å². The fourth-order valence-corrected chi connectivity index (χ4v) is 3.13. The number of aromatic nitrogens is 2. The average Bonchev–Trinajstić information content (AvgIpc) is 2.71. The lowest BCUT2D eigenvalue weighted by atomic mass is 10.1. The molecule has 148 valence electrons. The molecule has 2 heterocycles. The van der Waals surface area contributed by atoms with Crippen LogP contribution in [0, 0.1) is 6.92 Å². The van der Waals surface area contributed by atoms with Crippen LogP contribution in [0.5, 0.6) is 0 Å². The van der Waals surface area contributed by atoms with Crippen molar-refractivity contribution in [2.75, 3.05) is 28.6 Å². The topological polar surface area (TPSA) is 99.2 Å². The summed E-state index contributed by atoms with van der Waals surface area (Å²) < 4.78 is 0. The number of urea groups is 1. The first kappa shape index (κ1) is 19.6. The zero-order chi connectivity index (χ0) is 19.9. The van der Waals surface area contributed by atoms with Gasteiger partial charge >= 0.3 is 6.03 Å². The molecule has 2 aromatic rings. The average molecular weight is 382 g/mol. The normalized spacial score (nSPS) is 14.4. The number of amides is 3. The molecule has 8 nitrogen and oxygen atoms in total. The van der Waals surface area contributed by atoms with E-state index >= 15 is 0 Å². The van der Waals surface area contributed by atoms with E-state index < -0.39 is 0 Å². The van der Waals surface area contributed by atoms with Crippen LogP contribution < -0.4 is 20.9 Å². The Bertz CT molecular complexity index is 819. The van der Waals surface area contributed by atoms with E-state index in [1.165, 1.54) is 0 Å². The molecule has 0 atom stereocenters. The Labute approximate surface area is 164 Å². The summed E-state index contributed by atoms with van der Waals surface area (Å²) in [7, 11) is 0. The fraction of sp³-hybridized carbons (Fsp3) is 0.400. The minimum Gasteiger partial charge on any atom is -0.355 e. The predicted octanol–water partition coefficient (Wildman–Crippen LogP) is 2.92. The molecule has 3 rings (SSSR count). The van der Waals surface area contributed by atoms with Crippen molar-refractivity contribution < 1.29 is 9.59 Å². The van der Waals surface area contributed by atoms with E-state index in [0.717, 1.165) is 37.3 Å². The monoisotopic (exact) mass is 382 g/mol. The lowest BCUT2D eigenvalue weighted by Crippen LogP contribution is -2.46. The van der Waals surface area contributed by atoms with Crippen molar-refractivity contribution in [3.05, 3.63) is 42.4 Å². The van der Waals surface area contributed by atoms with Gasteiger partial charge in [-0.15, -0.1) is 0 Å². The molecule has 3 amide bonds. The van der Waals surface area contributed by atoms with Crippen LogP contribution in [0.15, 0.2) is 36.8 Å². The molecule has 0 unspecified atom stereocenters. The molecule has 1 aliphatic rings. The molecule has 1 aliphatic heterocycles. The Morgan fingerprint density at radius 1 is 1.18 bits per heavy atom. The highest BCUT2D eigenvalue weighted by atomic mass is 16.2. The summed E-state index contributed by atoms with van der Waals surface area (Å²) >= 11 is 0. The van der Waals surface area contributed by atoms with Crippen LogP contribution in [0.3, 0.4) is 0 Å². The second kappa shape index (κ2) is 9.16. The van der Waals surface area contributed by atoms with Crippen molar-refractivity contribution >= 4 is 29.1 Å². The maximum Gasteiger partial charge on any atom is 0.319 e. The third kappa shape index (κ3) is 5.18. The van der Waals surface area contributed by atoms with Crippen molar-refractivity contribution in [3.8, 4) is 0 Å². The van der Waals surface area contributed by atoms with Gasteiger partial charge in [0.15, 0.2) is 0 Å². The van der Waals surface area contributed by atoms with Crippen LogP contribution in [-0.4, -0.2) is 41.0 Å². The summed E-state index contributed by atoms with van der Waals surface area (Å²) in [6, 6.07) is 5.35. The molecule has 1 aromatic carbocycles. The van der Waals surface area contributed by atoms with Gasteiger partial charge < -0.3 is 20.9 Å². The number of piperidine rings is 1. The largest absolute Gasteiger partial charge is 0.355 e. The number of anilines is 3. The van der Waals surface area contributed by atoms with Crippen molar-refractivity contribution in [1.82, 2.24) is 15.3 Å². The second-order valence-electron chi connectivity index (χ2n) is 6.85. The zero-order valence-corrected chi connectivity index (χ0v) is 16.2. The van der Waals surface area contributed by atoms with Crippen LogP contribution in [0.2, 0.25) is 0 Å². The lowest BCUT2D eigenvalue weighted by molar-refractivity contribution is -0.115. The number of hydrogen-bond donors (Lipinski definition) is 3. The van der Waals surface area contributed by atoms with Gasteiger partial charge in [0.25, 0.3) is 0 Å². The van der Waals surface area contributed by atoms with Crippen LogP contribution in [0.25, 0.3) is 0 Å². The number of nitrogens with one attached hydrogen (secondary N) is 3. The lowest BCUT2D eigenvalue weighted by Gasteiger charge is -2.32. The molecule has 0 bridgehead atoms. The molecular weight excluding hydrogens is 356 g/mol. The zero-order valence-electron chi connectivity index (χ0n) is 16.2. The highest BCUT2D eigenvalue weighted by Crippen LogP contribution is 2.21. The third-order valence-electron chi connectivity index (χ3n) is 4.79. The van der Waals surface area contributed by atoms with Gasteiger partial charge in [-0.3, -0.25) is 9.78 Å². The number of aryl methyl sites for hydroxylation is 1. The summed E-state index contributed by atoms with van der Waals surface area (Å²) in [5.41, 5.74) is 2.30. The van der Waals surface area contributed by atoms with Gasteiger partial charge in [-0.05, 0) is 37.5 Å². The van der Waals surface area contributed by atoms with E-state index in [-0.39, 0.29) is 18.0 Å². The number of benzene rings is 1. The van der Waals surface area contributed by atoms with Crippen molar-refractivity contribution in [2.24, 2.45) is 0 Å². The first-order valence-electron chi connectivity index (χ1n) is 9.54. The summed E-state index contributed by atoms with van der Waals surface area (Å²) in [5.74, 6) is 0.811. The van der Waals surface area contributed by atoms with Gasteiger partial charge in [0.05, 0.1) is 6.20 Å². The highest BCUT2D eigenvalue weighted by molar-refractivity contribution is 5.94. The minimum absolute atomic E-state index is 0.0560. The second-order valence-corrected chi connectivity index (χ2v) is 6.85. The van der Waals surface area contributed by atoms with Gasteiger partial charge in [0.1, 0.15) is 5.82 Å². The quantitative estimate of drug-likeness (QED) is 0.738. The molecular formula is C20H26N6O2. The van der Waals surface area contributed by atoms with Crippen molar-refractivity contribution in [1.29, 1.82) is 0 Å². The Morgan fingerprint density at radius 3 is 2.64 bits per heavy atom. The molecule has 0 radical (unpaired) electrons. The van der Waals surface area contributed by atoms with E-state index in [1.54, 1.807) is 31.6 Å². The Kier molecular flexibility index (Phi) is 6.41. The smallest absolute Gasteiger partial charge is 0.319 e. The molecule has 0 spiro atoms. The van der Waals surface area contributed by atoms with Gasteiger partial charge in [-0.2, -0.15) is 0 Å². The van der Waals surface area contributed by atoms with Crippen molar-refractivity contribution in [3.63, 3.8) is 0 Å². The number of hydrogen-bond acceptors (Lipinski definition) is 5. The molecule has 1 saturated heterocycles. The number of nitrogens with zero attached hydrogens (tertiary/aromatic N) is 3. The Hall–Kier alpha value is -3.16. The van der Waals surface area contributed by atoms with Gasteiger partial charge in [0.2, 0.25) is 5.91 Å². The summed E-state index contributed by atoms with van der Waals surface area (Å²) in [5, 5.41) is 8.73. The van der Waals surface area contributed by atoms with Crippen LogP contribution in [0.4, 0.5) is 22.0 Å². The van der Waals surface area contributed by atoms with Crippen LogP contribution >= 0.6 is 0 Å². The van der Waals surface area contributed by atoms with Gasteiger partial charge in [0, 0.05) is 49.3 Å². The van der Waals surface area contributed by atoms with Crippen LogP contribution in [-0.2, 0) is 4.79 Å². The molecule has 8 heteroatoms. The van der Waals surface area contributed by atoms with Crippen molar-refractivity contribution in [2.45, 2.75) is 39.2 Å². The van der Waals surface area contributed by atoms with E-state index in [4.69, 9.17) is 0 Å². The first-order chi connectivity index (χ1) is 13.5. The van der Waals surface area contributed by atoms with Crippen LogP contribution in [0.1, 0.15) is 31.7 Å². The standard InChI is InChI=1S/C20H26N6O2/c1-3-19(27)25-17-12-16(5-4-14(17)2)24-20(28)23-15-6-10-26(11-7-15)18-13-21-8-9-22-18/h4-5,8-9,12-13,15H,3,6-7,10-11H2,1-2H3,(H,25,27)(H2,23,24,28). The third-order valence-corrected chi connectivity index (χ3v) is 4.79. The predicted molar refractivity (Wildman–Crippen MR) is 110 cm³/mol. The summed E-state index contributed by atoms with van der Waals surface area (Å²) in [6.45, 7) is 5.36. The fourth-order valence-electron chi connectivity index (χ4n) is 3.13. The maximum atomic E-state index is 12.4. The molecule has 3 N–H and O–H groups in total. The Balaban J connectivity index is 1.51. The summed E-state index contributed by atoms with van der Waals surface area (Å²) in [6.07, 6.45) is 7.20. The van der Waals surface area contributed by atoms with Gasteiger partial charge in [-0.1, -0.05) is 13.0 Å². The van der Waals surface area contributed by atoms with Gasteiger partial charge in [-0.25, -0.2) is 9.78 Å². The number of rotatable bonds is 5. The number of carbonyl (C=O) groups is 2. The maximum absolute atomic E-state index is 12.4. The molecule has 0 aliphatic carbocycles. The molecule has 28 heavy (non-hydrogen) atoms. The number of carbonyl (C=O) groups excluding carboxylic acids is 2. The van der Waals surface area contributed by atoms with E-state index in [2.05, 4.69) is 30.8 Å². The molecule has 1 aromatic heterocycles. The summed E-state index contributed by atoms with van der Waals surface area (Å²) in [4.78, 5) is 34.6. The Morgan fingerprint density at radius 2 is 1.96 bits per heavy atom. The first-order valence-corrected chi connectivity index (χ1v) is 9.54. The van der Waals surface area contributed by atoms with E-state index in [1.807, 2.05) is 19.1 Å².